The highest BCUT2D eigenvalue weighted by Crippen LogP contribution is 2.15. The van der Waals surface area contributed by atoms with Crippen molar-refractivity contribution in [3.05, 3.63) is 52.3 Å². The van der Waals surface area contributed by atoms with E-state index in [1.54, 1.807) is 19.0 Å². The van der Waals surface area contributed by atoms with Crippen LogP contribution in [-0.2, 0) is 33.0 Å². The Morgan fingerprint density at radius 3 is 2.30 bits per heavy atom. The highest BCUT2D eigenvalue weighted by Gasteiger charge is 2.14. The largest absolute Gasteiger partial charge is 0.357 e. The van der Waals surface area contributed by atoms with Crippen molar-refractivity contribution in [2.45, 2.75) is 46.7 Å². The van der Waals surface area contributed by atoms with E-state index in [2.05, 4.69) is 36.5 Å². The van der Waals surface area contributed by atoms with Crippen molar-refractivity contribution in [1.82, 2.24) is 25.3 Å². The number of carbonyl (C=O) groups excluding carboxylic acids is 1. The Balaban J connectivity index is 0.00000450. The van der Waals surface area contributed by atoms with E-state index in [0.717, 1.165) is 36.6 Å². The molecule has 30 heavy (non-hydrogen) atoms. The van der Waals surface area contributed by atoms with E-state index in [4.69, 9.17) is 4.99 Å². The van der Waals surface area contributed by atoms with Crippen molar-refractivity contribution in [1.29, 1.82) is 0 Å². The molecule has 1 amide bonds. The van der Waals surface area contributed by atoms with Crippen LogP contribution in [0, 0.1) is 0 Å². The summed E-state index contributed by atoms with van der Waals surface area (Å²) in [4.78, 5) is 18.3. The fourth-order valence-electron chi connectivity index (χ4n) is 3.29. The molecule has 0 saturated carbocycles. The summed E-state index contributed by atoms with van der Waals surface area (Å²) >= 11 is 0. The Morgan fingerprint density at radius 1 is 1.10 bits per heavy atom. The maximum absolute atomic E-state index is 12.0. The second-order valence-corrected chi connectivity index (χ2v) is 7.15. The van der Waals surface area contributed by atoms with Gasteiger partial charge in [0, 0.05) is 51.1 Å². The number of benzene rings is 1. The quantitative estimate of drug-likeness (QED) is 0.315. The van der Waals surface area contributed by atoms with Gasteiger partial charge in [-0.2, -0.15) is 5.10 Å². The lowest BCUT2D eigenvalue weighted by atomic mass is 10.1. The molecule has 1 aromatic carbocycles. The number of hydrogen-bond acceptors (Lipinski definition) is 3. The molecule has 0 aliphatic carbocycles. The molecule has 1 aromatic heterocycles. The zero-order chi connectivity index (χ0) is 21.4. The third kappa shape index (κ3) is 6.72. The van der Waals surface area contributed by atoms with Gasteiger partial charge in [0.25, 0.3) is 5.91 Å². The van der Waals surface area contributed by atoms with Gasteiger partial charge in [0.1, 0.15) is 0 Å². The number of guanidine groups is 1. The summed E-state index contributed by atoms with van der Waals surface area (Å²) in [5.41, 5.74) is 5.39. The zero-order valence-corrected chi connectivity index (χ0v) is 21.3. The molecule has 7 nitrogen and oxygen atoms in total. The van der Waals surface area contributed by atoms with Crippen LogP contribution < -0.4 is 10.6 Å². The molecule has 0 aliphatic heterocycles. The van der Waals surface area contributed by atoms with Gasteiger partial charge in [-0.15, -0.1) is 24.0 Å². The lowest BCUT2D eigenvalue weighted by Crippen LogP contribution is -2.37. The molecular weight excluding hydrogens is 491 g/mol. The number of aromatic nitrogens is 2. The third-order valence-corrected chi connectivity index (χ3v) is 4.83. The van der Waals surface area contributed by atoms with Crippen LogP contribution in [0.15, 0.2) is 29.3 Å². The molecule has 2 N–H and O–H groups in total. The van der Waals surface area contributed by atoms with Crippen LogP contribution in [0.2, 0.25) is 0 Å². The summed E-state index contributed by atoms with van der Waals surface area (Å²) in [6, 6.07) is 7.61. The van der Waals surface area contributed by atoms with Gasteiger partial charge >= 0.3 is 0 Å². The predicted molar refractivity (Wildman–Crippen MR) is 133 cm³/mol. The Labute approximate surface area is 197 Å². The molecule has 166 valence electrons. The molecule has 8 heteroatoms. The zero-order valence-electron chi connectivity index (χ0n) is 19.0. The Morgan fingerprint density at radius 2 is 1.77 bits per heavy atom. The third-order valence-electron chi connectivity index (χ3n) is 4.83. The van der Waals surface area contributed by atoms with Crippen molar-refractivity contribution in [3.63, 3.8) is 0 Å². The second kappa shape index (κ2) is 12.6. The molecule has 0 aliphatic rings. The van der Waals surface area contributed by atoms with E-state index in [0.29, 0.717) is 18.7 Å². The number of aryl methyl sites for hydroxylation is 2. The lowest BCUT2D eigenvalue weighted by molar-refractivity contribution is 0.0827. The highest BCUT2D eigenvalue weighted by molar-refractivity contribution is 14.0. The Bertz CT molecular complexity index is 842. The summed E-state index contributed by atoms with van der Waals surface area (Å²) in [5.74, 6) is 0.777. The number of carbonyl (C=O) groups is 1. The van der Waals surface area contributed by atoms with E-state index in [1.807, 2.05) is 36.0 Å². The molecule has 0 atom stereocenters. The summed E-state index contributed by atoms with van der Waals surface area (Å²) in [6.07, 6.45) is 1.86. The molecule has 2 rings (SSSR count). The average molecular weight is 526 g/mol. The van der Waals surface area contributed by atoms with E-state index < -0.39 is 0 Å². The SMILES string of the molecule is CCNC(=NCc1ccc(C(=O)N(C)C)cc1)NCc1c(CC)nn(C)c1CC.I. The van der Waals surface area contributed by atoms with Gasteiger partial charge in [-0.05, 0) is 37.5 Å². The van der Waals surface area contributed by atoms with E-state index in [-0.39, 0.29) is 29.9 Å². The smallest absolute Gasteiger partial charge is 0.253 e. The minimum atomic E-state index is 0. The standard InChI is InChI=1S/C22H34N6O.HI/c1-7-19-18(20(8-2)28(6)26-19)15-25-22(23-9-3)24-14-16-10-12-17(13-11-16)21(29)27(4)5;/h10-13H,7-9,14-15H2,1-6H3,(H2,23,24,25);1H. The number of hydrogen-bond donors (Lipinski definition) is 2. The van der Waals surface area contributed by atoms with Crippen LogP contribution in [0.3, 0.4) is 0 Å². The summed E-state index contributed by atoms with van der Waals surface area (Å²) < 4.78 is 1.98. The number of nitrogens with one attached hydrogen (secondary N) is 2. The van der Waals surface area contributed by atoms with Gasteiger partial charge in [0.15, 0.2) is 5.96 Å². The molecule has 0 fully saturated rings. The number of amides is 1. The van der Waals surface area contributed by atoms with Crippen LogP contribution in [0.4, 0.5) is 0 Å². The van der Waals surface area contributed by atoms with E-state index in [1.165, 1.54) is 11.3 Å². The summed E-state index contributed by atoms with van der Waals surface area (Å²) in [7, 11) is 5.52. The Kier molecular flexibility index (Phi) is 10.9. The van der Waals surface area contributed by atoms with Crippen LogP contribution in [0.5, 0.6) is 0 Å². The van der Waals surface area contributed by atoms with Crippen molar-refractivity contribution in [3.8, 4) is 0 Å². The average Bonchev–Trinajstić information content (AvgIpc) is 3.04. The van der Waals surface area contributed by atoms with Crippen LogP contribution in [0.1, 0.15) is 53.6 Å². The van der Waals surface area contributed by atoms with Crippen LogP contribution in [0.25, 0.3) is 0 Å². The molecule has 2 aromatic rings. The first kappa shape index (κ1) is 25.9. The number of rotatable bonds is 8. The molecule has 1 heterocycles. The maximum Gasteiger partial charge on any atom is 0.253 e. The minimum absolute atomic E-state index is 0. The molecular formula is C22H35IN6O. The van der Waals surface area contributed by atoms with Gasteiger partial charge in [-0.25, -0.2) is 4.99 Å². The van der Waals surface area contributed by atoms with Gasteiger partial charge in [-0.1, -0.05) is 26.0 Å². The number of nitrogens with zero attached hydrogens (tertiary/aromatic N) is 4. The fraction of sp³-hybridized carbons (Fsp3) is 0.500. The molecule has 0 bridgehead atoms. The van der Waals surface area contributed by atoms with Gasteiger partial charge in [0.05, 0.1) is 12.2 Å². The van der Waals surface area contributed by atoms with Gasteiger partial charge in [-0.3, -0.25) is 9.48 Å². The monoisotopic (exact) mass is 526 g/mol. The van der Waals surface area contributed by atoms with Crippen molar-refractivity contribution in [2.24, 2.45) is 12.0 Å². The first-order valence-corrected chi connectivity index (χ1v) is 10.3. The minimum Gasteiger partial charge on any atom is -0.357 e. The normalized spacial score (nSPS) is 11.1. The van der Waals surface area contributed by atoms with Crippen LogP contribution in [-0.4, -0.2) is 47.2 Å². The lowest BCUT2D eigenvalue weighted by Gasteiger charge is -2.13. The Hall–Kier alpha value is -2.10. The summed E-state index contributed by atoms with van der Waals surface area (Å²) in [6.45, 7) is 8.37. The highest BCUT2D eigenvalue weighted by atomic mass is 127. The fourth-order valence-corrected chi connectivity index (χ4v) is 3.29. The predicted octanol–water partition coefficient (Wildman–Crippen LogP) is 3.12. The number of halogens is 1. The second-order valence-electron chi connectivity index (χ2n) is 7.15. The number of aliphatic imine (C=N–C) groups is 1. The van der Waals surface area contributed by atoms with Crippen LogP contribution >= 0.6 is 24.0 Å². The molecule has 0 unspecified atom stereocenters. The first-order valence-electron chi connectivity index (χ1n) is 10.3. The first-order chi connectivity index (χ1) is 13.9. The van der Waals surface area contributed by atoms with E-state index in [9.17, 15) is 4.79 Å². The van der Waals surface area contributed by atoms with Crippen molar-refractivity contribution in [2.75, 3.05) is 20.6 Å². The van der Waals surface area contributed by atoms with Gasteiger partial charge < -0.3 is 15.5 Å². The molecule has 0 saturated heterocycles. The maximum atomic E-state index is 12.0. The molecule has 0 spiro atoms. The molecule has 0 radical (unpaired) electrons. The van der Waals surface area contributed by atoms with Crippen molar-refractivity contribution < 1.29 is 4.79 Å². The summed E-state index contributed by atoms with van der Waals surface area (Å²) in [5, 5.41) is 11.4. The van der Waals surface area contributed by atoms with Gasteiger partial charge in [0.2, 0.25) is 0 Å². The topological polar surface area (TPSA) is 74.6 Å². The van der Waals surface area contributed by atoms with E-state index >= 15 is 0 Å². The van der Waals surface area contributed by atoms with Crippen molar-refractivity contribution >= 4 is 35.8 Å².